The first-order valence-corrected chi connectivity index (χ1v) is 9.86. The first-order chi connectivity index (χ1) is 10.9. The van der Waals surface area contributed by atoms with Crippen molar-refractivity contribution in [2.75, 3.05) is 19.6 Å². The highest BCUT2D eigenvalue weighted by Crippen LogP contribution is 2.24. The molecule has 0 radical (unpaired) electrons. The lowest BCUT2D eigenvalue weighted by atomic mass is 10.2. The number of hydrogen-bond donors (Lipinski definition) is 1. The van der Waals surface area contributed by atoms with Crippen LogP contribution in [0.1, 0.15) is 32.1 Å². The van der Waals surface area contributed by atoms with Crippen LogP contribution in [0.25, 0.3) is 0 Å². The standard InChI is InChI=1S/C15H20Cl2N2O3S/c16-12-6-7-13(17)14(11-12)23(21,22)18-8-4-10-19-9-3-1-2-5-15(19)20/h6-7,11,18H,1-5,8-10H2. The number of nitrogens with zero attached hydrogens (tertiary/aromatic N) is 1. The van der Waals surface area contributed by atoms with Gasteiger partial charge in [-0.25, -0.2) is 13.1 Å². The number of nitrogens with one attached hydrogen (secondary N) is 1. The molecule has 2 rings (SSSR count). The van der Waals surface area contributed by atoms with E-state index in [1.54, 1.807) is 0 Å². The molecule has 0 aliphatic carbocycles. The minimum Gasteiger partial charge on any atom is -0.343 e. The van der Waals surface area contributed by atoms with Gasteiger partial charge in [0.25, 0.3) is 0 Å². The maximum Gasteiger partial charge on any atom is 0.242 e. The van der Waals surface area contributed by atoms with Crippen molar-refractivity contribution in [1.29, 1.82) is 0 Å². The van der Waals surface area contributed by atoms with Crippen molar-refractivity contribution < 1.29 is 13.2 Å². The molecule has 0 atom stereocenters. The Hall–Kier alpha value is -0.820. The number of benzene rings is 1. The summed E-state index contributed by atoms with van der Waals surface area (Å²) in [6.45, 7) is 1.56. The molecule has 5 nitrogen and oxygen atoms in total. The Morgan fingerprint density at radius 2 is 1.96 bits per heavy atom. The first kappa shape index (κ1) is 18.5. The van der Waals surface area contributed by atoms with Crippen LogP contribution in [0.2, 0.25) is 10.0 Å². The van der Waals surface area contributed by atoms with Crippen molar-refractivity contribution in [2.24, 2.45) is 0 Å². The van der Waals surface area contributed by atoms with Gasteiger partial charge < -0.3 is 4.90 Å². The molecule has 0 bridgehead atoms. The second-order valence-electron chi connectivity index (χ2n) is 5.52. The van der Waals surface area contributed by atoms with Gasteiger partial charge in [-0.1, -0.05) is 29.6 Å². The van der Waals surface area contributed by atoms with Crippen LogP contribution in [-0.4, -0.2) is 38.9 Å². The quantitative estimate of drug-likeness (QED) is 0.773. The molecule has 23 heavy (non-hydrogen) atoms. The number of rotatable bonds is 6. The van der Waals surface area contributed by atoms with Crippen LogP contribution in [0.5, 0.6) is 0 Å². The van der Waals surface area contributed by atoms with Crippen LogP contribution in [0, 0.1) is 0 Å². The molecule has 0 spiro atoms. The second kappa shape index (κ2) is 8.33. The van der Waals surface area contributed by atoms with E-state index < -0.39 is 10.0 Å². The lowest BCUT2D eigenvalue weighted by Gasteiger charge is -2.20. The largest absolute Gasteiger partial charge is 0.343 e. The van der Waals surface area contributed by atoms with Crippen molar-refractivity contribution >= 4 is 39.1 Å². The molecule has 1 aliphatic rings. The fourth-order valence-corrected chi connectivity index (χ4v) is 4.35. The Morgan fingerprint density at radius 3 is 2.74 bits per heavy atom. The molecule has 128 valence electrons. The number of sulfonamides is 1. The summed E-state index contributed by atoms with van der Waals surface area (Å²) >= 11 is 11.7. The van der Waals surface area contributed by atoms with E-state index in [0.29, 0.717) is 24.4 Å². The van der Waals surface area contributed by atoms with Crippen LogP contribution in [0.15, 0.2) is 23.1 Å². The molecule has 8 heteroatoms. The predicted molar refractivity (Wildman–Crippen MR) is 91.3 cm³/mol. The van der Waals surface area contributed by atoms with Crippen LogP contribution in [0.4, 0.5) is 0 Å². The Morgan fingerprint density at radius 1 is 1.17 bits per heavy atom. The van der Waals surface area contributed by atoms with E-state index in [0.717, 1.165) is 25.8 Å². The summed E-state index contributed by atoms with van der Waals surface area (Å²) in [6, 6.07) is 4.31. The van der Waals surface area contributed by atoms with Crippen molar-refractivity contribution in [2.45, 2.75) is 37.0 Å². The summed E-state index contributed by atoms with van der Waals surface area (Å²) in [7, 11) is -3.71. The summed E-state index contributed by atoms with van der Waals surface area (Å²) < 4.78 is 27.0. The maximum atomic E-state index is 12.2. The monoisotopic (exact) mass is 378 g/mol. The third kappa shape index (κ3) is 5.35. The molecule has 1 aromatic rings. The zero-order chi connectivity index (χ0) is 16.9. The van der Waals surface area contributed by atoms with Crippen molar-refractivity contribution in [3.8, 4) is 0 Å². The van der Waals surface area contributed by atoms with E-state index in [4.69, 9.17) is 23.2 Å². The van der Waals surface area contributed by atoms with Crippen molar-refractivity contribution in [3.63, 3.8) is 0 Å². The third-order valence-electron chi connectivity index (χ3n) is 3.75. The van der Waals surface area contributed by atoms with Gasteiger partial charge >= 0.3 is 0 Å². The van der Waals surface area contributed by atoms with E-state index in [1.807, 2.05) is 4.90 Å². The first-order valence-electron chi connectivity index (χ1n) is 7.62. The van der Waals surface area contributed by atoms with E-state index in [9.17, 15) is 13.2 Å². The molecule has 0 saturated carbocycles. The van der Waals surface area contributed by atoms with E-state index in [2.05, 4.69) is 4.72 Å². The Kier molecular flexibility index (Phi) is 6.71. The Labute approximate surface area is 147 Å². The van der Waals surface area contributed by atoms with Crippen LogP contribution in [0.3, 0.4) is 0 Å². The molecule has 1 aromatic carbocycles. The summed E-state index contributed by atoms with van der Waals surface area (Å²) in [5, 5.41) is 0.439. The van der Waals surface area contributed by atoms with Gasteiger partial charge in [-0.05, 0) is 37.5 Å². The van der Waals surface area contributed by atoms with Gasteiger partial charge in [-0.2, -0.15) is 0 Å². The van der Waals surface area contributed by atoms with Crippen LogP contribution < -0.4 is 4.72 Å². The fraction of sp³-hybridized carbons (Fsp3) is 0.533. The molecule has 1 saturated heterocycles. The summed E-state index contributed by atoms with van der Waals surface area (Å²) in [6.07, 6.45) is 4.17. The Bertz CT molecular complexity index is 665. The topological polar surface area (TPSA) is 66.5 Å². The molecule has 0 unspecified atom stereocenters. The van der Waals surface area contributed by atoms with Gasteiger partial charge in [0.05, 0.1) is 5.02 Å². The van der Waals surface area contributed by atoms with Crippen molar-refractivity contribution in [3.05, 3.63) is 28.2 Å². The molecule has 1 amide bonds. The average molecular weight is 379 g/mol. The van der Waals surface area contributed by atoms with E-state index in [1.165, 1.54) is 18.2 Å². The number of likely N-dealkylation sites (tertiary alicyclic amines) is 1. The third-order valence-corrected chi connectivity index (χ3v) is 5.93. The highest BCUT2D eigenvalue weighted by molar-refractivity contribution is 7.89. The summed E-state index contributed by atoms with van der Waals surface area (Å²) in [5.74, 6) is 0.156. The SMILES string of the molecule is O=C1CCCCCN1CCCNS(=O)(=O)c1cc(Cl)ccc1Cl. The van der Waals surface area contributed by atoms with Crippen LogP contribution >= 0.6 is 23.2 Å². The van der Waals surface area contributed by atoms with Crippen molar-refractivity contribution in [1.82, 2.24) is 9.62 Å². The van der Waals surface area contributed by atoms with Gasteiger partial charge in [-0.3, -0.25) is 4.79 Å². The van der Waals surface area contributed by atoms with Gasteiger partial charge in [0.2, 0.25) is 15.9 Å². The molecular formula is C15H20Cl2N2O3S. The fourth-order valence-electron chi connectivity index (χ4n) is 2.51. The van der Waals surface area contributed by atoms with Crippen LogP contribution in [-0.2, 0) is 14.8 Å². The highest BCUT2D eigenvalue weighted by atomic mass is 35.5. The minimum absolute atomic E-state index is 0.0301. The van der Waals surface area contributed by atoms with E-state index >= 15 is 0 Å². The minimum atomic E-state index is -3.71. The Balaban J connectivity index is 1.87. The molecule has 0 aromatic heterocycles. The zero-order valence-corrected chi connectivity index (χ0v) is 15.1. The number of carbonyl (C=O) groups excluding carboxylic acids is 1. The lowest BCUT2D eigenvalue weighted by Crippen LogP contribution is -2.34. The van der Waals surface area contributed by atoms with Gasteiger partial charge in [-0.15, -0.1) is 0 Å². The summed E-state index contributed by atoms with van der Waals surface area (Å²) in [4.78, 5) is 13.6. The second-order valence-corrected chi connectivity index (χ2v) is 8.10. The lowest BCUT2D eigenvalue weighted by molar-refractivity contribution is -0.130. The number of hydrogen-bond acceptors (Lipinski definition) is 3. The predicted octanol–water partition coefficient (Wildman–Crippen LogP) is 3.06. The van der Waals surface area contributed by atoms with E-state index in [-0.39, 0.29) is 22.4 Å². The molecule has 1 N–H and O–H groups in total. The van der Waals surface area contributed by atoms with Gasteiger partial charge in [0, 0.05) is 31.1 Å². The molecular weight excluding hydrogens is 359 g/mol. The van der Waals surface area contributed by atoms with Gasteiger partial charge in [0.1, 0.15) is 4.90 Å². The highest BCUT2D eigenvalue weighted by Gasteiger charge is 2.19. The number of halogens is 2. The van der Waals surface area contributed by atoms with Gasteiger partial charge in [0.15, 0.2) is 0 Å². The average Bonchev–Trinajstić information content (AvgIpc) is 2.71. The number of carbonyl (C=O) groups is 1. The molecule has 1 heterocycles. The number of amides is 1. The maximum absolute atomic E-state index is 12.2. The molecule has 1 fully saturated rings. The summed E-state index contributed by atoms with van der Waals surface area (Å²) in [5.41, 5.74) is 0. The molecule has 1 aliphatic heterocycles. The smallest absolute Gasteiger partial charge is 0.242 e. The zero-order valence-electron chi connectivity index (χ0n) is 12.7. The normalized spacial score (nSPS) is 16.4.